The Morgan fingerprint density at radius 3 is 0.367 bits per heavy atom. The zero-order valence-corrected chi connectivity index (χ0v) is 22.4. The fourth-order valence-electron chi connectivity index (χ4n) is 4.18. The molecule has 0 aliphatic rings. The molecule has 0 saturated carbocycles. The van der Waals surface area contributed by atoms with Crippen LogP contribution in [0.3, 0.4) is 0 Å². The van der Waals surface area contributed by atoms with Crippen LogP contribution in [0.25, 0.3) is 0 Å². The van der Waals surface area contributed by atoms with Crippen LogP contribution in [-0.2, 0) is 0 Å². The van der Waals surface area contributed by atoms with E-state index in [0.717, 1.165) is 0 Å². The molecule has 0 heteroatoms. The molecule has 30 heavy (non-hydrogen) atoms. The summed E-state index contributed by atoms with van der Waals surface area (Å²) in [5.74, 6) is 0. The van der Waals surface area contributed by atoms with Gasteiger partial charge in [0, 0.05) is 0 Å². The van der Waals surface area contributed by atoms with E-state index in [0.29, 0.717) is 0 Å². The first-order valence-corrected chi connectivity index (χ1v) is 14.8. The molecule has 0 radical (unpaired) electrons. The van der Waals surface area contributed by atoms with Gasteiger partial charge in [0.25, 0.3) is 0 Å². The Bertz CT molecular complexity index is 220. The topological polar surface area (TPSA) is 0 Å². The van der Waals surface area contributed by atoms with Gasteiger partial charge in [0.05, 0.1) is 0 Å². The zero-order chi connectivity index (χ0) is 22.4. The summed E-state index contributed by atoms with van der Waals surface area (Å²) in [4.78, 5) is 0. The normalized spacial score (nSPS) is 10.8. The molecule has 0 nitrogen and oxygen atoms in total. The highest BCUT2D eigenvalue weighted by atomic mass is 14.0. The van der Waals surface area contributed by atoms with Crippen molar-refractivity contribution in [1.82, 2.24) is 0 Å². The molecule has 0 aromatic rings. The van der Waals surface area contributed by atoms with Crippen molar-refractivity contribution < 1.29 is 0 Å². The second-order valence-electron chi connectivity index (χ2n) is 9.78. The fourth-order valence-corrected chi connectivity index (χ4v) is 4.18. The summed E-state index contributed by atoms with van der Waals surface area (Å²) < 4.78 is 0. The number of hydrogen-bond donors (Lipinski definition) is 0. The molecule has 0 bridgehead atoms. The lowest BCUT2D eigenvalue weighted by Crippen LogP contribution is -1.82. The second kappa shape index (κ2) is 33.6. The third-order valence-corrected chi connectivity index (χ3v) is 6.41. The van der Waals surface area contributed by atoms with Crippen LogP contribution in [0.2, 0.25) is 0 Å². The third-order valence-electron chi connectivity index (χ3n) is 6.41. The lowest BCUT2D eigenvalue weighted by atomic mass is 10.0. The minimum atomic E-state index is 1.37. The molecular weight excluding hydrogens is 360 g/mol. The van der Waals surface area contributed by atoms with Gasteiger partial charge in [-0.25, -0.2) is 0 Å². The SMILES string of the molecule is CCCCCCCCCCCCC.CCCCCCCCCCCCCCCCC. The average Bonchev–Trinajstić information content (AvgIpc) is 2.76. The van der Waals surface area contributed by atoms with Gasteiger partial charge in [-0.2, -0.15) is 0 Å². The van der Waals surface area contributed by atoms with Gasteiger partial charge in [-0.3, -0.25) is 0 Å². The molecule has 0 aromatic carbocycles. The molecule has 0 atom stereocenters. The van der Waals surface area contributed by atoms with E-state index in [1.807, 2.05) is 0 Å². The molecule has 0 aromatic heterocycles. The molecule has 0 unspecified atom stereocenters. The predicted octanol–water partition coefficient (Wildman–Crippen LogP) is 12.2. The van der Waals surface area contributed by atoms with Crippen molar-refractivity contribution in [3.8, 4) is 0 Å². The Hall–Kier alpha value is 0. The molecule has 0 N–H and O–H groups in total. The van der Waals surface area contributed by atoms with Crippen LogP contribution >= 0.6 is 0 Å². The smallest absolute Gasteiger partial charge is 0.0533 e. The van der Waals surface area contributed by atoms with Crippen LogP contribution < -0.4 is 0 Å². The van der Waals surface area contributed by atoms with Crippen LogP contribution in [0.5, 0.6) is 0 Å². The Morgan fingerprint density at radius 1 is 0.167 bits per heavy atom. The van der Waals surface area contributed by atoms with Gasteiger partial charge in [-0.1, -0.05) is 195 Å². The standard InChI is InChI=1S/C17H36.C13H28/c1-3-5-7-9-11-13-15-17-16-14-12-10-8-6-4-2;1-3-5-7-9-11-13-12-10-8-6-4-2/h3-17H2,1-2H3;3-13H2,1-2H3. The number of rotatable bonds is 24. The van der Waals surface area contributed by atoms with Crippen LogP contribution in [0.1, 0.15) is 195 Å². The monoisotopic (exact) mass is 425 g/mol. The Labute approximate surface area is 194 Å². The summed E-state index contributed by atoms with van der Waals surface area (Å²) in [6.07, 6.45) is 37.9. The van der Waals surface area contributed by atoms with Gasteiger partial charge < -0.3 is 0 Å². The van der Waals surface area contributed by atoms with E-state index in [1.54, 1.807) is 0 Å². The van der Waals surface area contributed by atoms with Gasteiger partial charge in [0.2, 0.25) is 0 Å². The van der Waals surface area contributed by atoms with Crippen molar-refractivity contribution in [3.63, 3.8) is 0 Å². The maximum atomic E-state index is 2.29. The van der Waals surface area contributed by atoms with Gasteiger partial charge in [0.15, 0.2) is 0 Å². The molecule has 184 valence electrons. The Balaban J connectivity index is 0. The van der Waals surface area contributed by atoms with Crippen molar-refractivity contribution in [2.45, 2.75) is 195 Å². The van der Waals surface area contributed by atoms with Gasteiger partial charge in [0.1, 0.15) is 0 Å². The second-order valence-corrected chi connectivity index (χ2v) is 9.78. The minimum Gasteiger partial charge on any atom is -0.0654 e. The Kier molecular flexibility index (Phi) is 36.1. The molecule has 0 heterocycles. The molecule has 0 aliphatic carbocycles. The fraction of sp³-hybridized carbons (Fsp3) is 1.00. The van der Waals surface area contributed by atoms with Gasteiger partial charge >= 0.3 is 0 Å². The van der Waals surface area contributed by atoms with Crippen molar-refractivity contribution >= 4 is 0 Å². The van der Waals surface area contributed by atoms with E-state index >= 15 is 0 Å². The zero-order valence-electron chi connectivity index (χ0n) is 22.4. The summed E-state index contributed by atoms with van der Waals surface area (Å²) in [6.45, 7) is 9.15. The number of hydrogen-bond acceptors (Lipinski definition) is 0. The number of unbranched alkanes of at least 4 members (excludes halogenated alkanes) is 24. The largest absolute Gasteiger partial charge is 0.0654 e. The van der Waals surface area contributed by atoms with Gasteiger partial charge in [-0.05, 0) is 0 Å². The molecule has 0 amide bonds. The highest BCUT2D eigenvalue weighted by Crippen LogP contribution is 2.13. The van der Waals surface area contributed by atoms with E-state index in [9.17, 15) is 0 Å². The van der Waals surface area contributed by atoms with Crippen molar-refractivity contribution in [3.05, 3.63) is 0 Å². The lowest BCUT2D eigenvalue weighted by molar-refractivity contribution is 0.534. The maximum Gasteiger partial charge on any atom is -0.0533 e. The minimum absolute atomic E-state index is 1.37. The van der Waals surface area contributed by atoms with Gasteiger partial charge in [-0.15, -0.1) is 0 Å². The van der Waals surface area contributed by atoms with E-state index < -0.39 is 0 Å². The van der Waals surface area contributed by atoms with Crippen molar-refractivity contribution in [1.29, 1.82) is 0 Å². The average molecular weight is 425 g/mol. The van der Waals surface area contributed by atoms with Crippen LogP contribution in [0.4, 0.5) is 0 Å². The van der Waals surface area contributed by atoms with E-state index in [1.165, 1.54) is 167 Å². The van der Waals surface area contributed by atoms with Crippen LogP contribution in [0.15, 0.2) is 0 Å². The summed E-state index contributed by atoms with van der Waals surface area (Å²) in [6, 6.07) is 0. The lowest BCUT2D eigenvalue weighted by Gasteiger charge is -2.02. The summed E-state index contributed by atoms with van der Waals surface area (Å²) in [7, 11) is 0. The van der Waals surface area contributed by atoms with Crippen LogP contribution in [0, 0.1) is 0 Å². The molecule has 0 saturated heterocycles. The summed E-state index contributed by atoms with van der Waals surface area (Å²) in [5.41, 5.74) is 0. The highest BCUT2D eigenvalue weighted by molar-refractivity contribution is 4.49. The van der Waals surface area contributed by atoms with E-state index in [2.05, 4.69) is 27.7 Å². The van der Waals surface area contributed by atoms with E-state index in [-0.39, 0.29) is 0 Å². The van der Waals surface area contributed by atoms with E-state index in [4.69, 9.17) is 0 Å². The predicted molar refractivity (Wildman–Crippen MR) is 143 cm³/mol. The summed E-state index contributed by atoms with van der Waals surface area (Å²) >= 11 is 0. The van der Waals surface area contributed by atoms with Crippen molar-refractivity contribution in [2.75, 3.05) is 0 Å². The first-order chi connectivity index (χ1) is 14.8. The molecule has 0 spiro atoms. The molecule has 0 fully saturated rings. The van der Waals surface area contributed by atoms with Crippen molar-refractivity contribution in [2.24, 2.45) is 0 Å². The first-order valence-electron chi connectivity index (χ1n) is 14.8. The maximum absolute atomic E-state index is 2.29. The molecular formula is C30H64. The molecule has 0 rings (SSSR count). The third kappa shape index (κ3) is 35.4. The Morgan fingerprint density at radius 2 is 0.267 bits per heavy atom. The van der Waals surface area contributed by atoms with Crippen LogP contribution in [-0.4, -0.2) is 0 Å². The summed E-state index contributed by atoms with van der Waals surface area (Å²) in [5, 5.41) is 0. The highest BCUT2D eigenvalue weighted by Gasteiger charge is 1.93. The quantitative estimate of drug-likeness (QED) is 0.135. The molecule has 0 aliphatic heterocycles. The first kappa shape index (κ1) is 32.2.